The number of benzene rings is 2. The summed E-state index contributed by atoms with van der Waals surface area (Å²) in [5.41, 5.74) is 2.13. The van der Waals surface area contributed by atoms with E-state index in [0.717, 1.165) is 11.1 Å². The van der Waals surface area contributed by atoms with Gasteiger partial charge in [0, 0.05) is 37.8 Å². The molecule has 0 saturated heterocycles. The van der Waals surface area contributed by atoms with Gasteiger partial charge in [-0.3, -0.25) is 29.0 Å². The van der Waals surface area contributed by atoms with Crippen LogP contribution in [0.15, 0.2) is 73.1 Å². The van der Waals surface area contributed by atoms with Gasteiger partial charge in [-0.05, 0) is 61.4 Å². The lowest BCUT2D eigenvalue weighted by atomic mass is 10.0. The van der Waals surface area contributed by atoms with Gasteiger partial charge >= 0.3 is 0 Å². The number of aromatic hydroxyl groups is 1. The third-order valence-electron chi connectivity index (χ3n) is 8.00. The molecule has 0 radical (unpaired) electrons. The van der Waals surface area contributed by atoms with E-state index in [4.69, 9.17) is 0 Å². The van der Waals surface area contributed by atoms with Crippen LogP contribution in [0, 0.1) is 5.92 Å². The molecule has 2 aliphatic rings. The predicted molar refractivity (Wildman–Crippen MR) is 180 cm³/mol. The summed E-state index contributed by atoms with van der Waals surface area (Å²) in [5, 5.41) is 21.1. The van der Waals surface area contributed by atoms with Gasteiger partial charge in [0.25, 0.3) is 11.8 Å². The summed E-state index contributed by atoms with van der Waals surface area (Å²) in [6, 6.07) is 14.6. The Kier molecular flexibility index (Phi) is 12.6. The van der Waals surface area contributed by atoms with Crippen LogP contribution in [0.3, 0.4) is 0 Å². The summed E-state index contributed by atoms with van der Waals surface area (Å²) < 4.78 is 0. The first-order valence-electron chi connectivity index (χ1n) is 16.3. The van der Waals surface area contributed by atoms with Gasteiger partial charge in [0.2, 0.25) is 17.7 Å². The number of hydrogen-bond acceptors (Lipinski definition) is 7. The fourth-order valence-corrected chi connectivity index (χ4v) is 5.41. The van der Waals surface area contributed by atoms with E-state index in [1.54, 1.807) is 36.1 Å². The van der Waals surface area contributed by atoms with Crippen LogP contribution in [0.2, 0.25) is 0 Å². The lowest BCUT2D eigenvalue weighted by molar-refractivity contribution is -0.132. The zero-order valence-corrected chi connectivity index (χ0v) is 27.6. The number of rotatable bonds is 5. The van der Waals surface area contributed by atoms with Gasteiger partial charge < -0.3 is 31.3 Å². The van der Waals surface area contributed by atoms with Gasteiger partial charge in [0.15, 0.2) is 0 Å². The highest BCUT2D eigenvalue weighted by molar-refractivity contribution is 5.99. The first-order valence-corrected chi connectivity index (χ1v) is 16.3. The van der Waals surface area contributed by atoms with Crippen molar-refractivity contribution in [3.63, 3.8) is 0 Å². The van der Waals surface area contributed by atoms with Gasteiger partial charge in [-0.1, -0.05) is 56.3 Å². The molecule has 3 aromatic rings. The average Bonchev–Trinajstić information content (AvgIpc) is 3.06. The maximum absolute atomic E-state index is 13.7. The maximum atomic E-state index is 13.7. The van der Waals surface area contributed by atoms with E-state index >= 15 is 0 Å². The molecule has 5 N–H and O–H groups in total. The Morgan fingerprint density at radius 1 is 0.896 bits per heavy atom. The normalized spacial score (nSPS) is 20.2. The minimum absolute atomic E-state index is 0.0515. The SMILES string of the molecule is CC(C)C[C@@H]1NC(=O)[C@@H](Cc2ccccc2)NC(=O)c2ccc(cc2)CN(C(=O)c2cncc(O)c2)CCCCNC(=O)[C@@H](C)NC1=O. The molecule has 12 nitrogen and oxygen atoms in total. The molecule has 1 aromatic heterocycles. The minimum atomic E-state index is -0.999. The third-order valence-corrected chi connectivity index (χ3v) is 8.00. The summed E-state index contributed by atoms with van der Waals surface area (Å²) in [5.74, 6) is -2.28. The zero-order valence-electron chi connectivity index (χ0n) is 27.6. The molecule has 48 heavy (non-hydrogen) atoms. The summed E-state index contributed by atoms with van der Waals surface area (Å²) in [6.45, 7) is 6.33. The van der Waals surface area contributed by atoms with E-state index in [9.17, 15) is 29.1 Å². The molecule has 5 rings (SSSR count). The maximum Gasteiger partial charge on any atom is 0.255 e. The molecule has 3 heterocycles. The van der Waals surface area contributed by atoms with Crippen molar-refractivity contribution in [3.05, 3.63) is 95.3 Å². The highest BCUT2D eigenvalue weighted by Gasteiger charge is 2.29. The monoisotopic (exact) mass is 656 g/mol. The molecular weight excluding hydrogens is 612 g/mol. The van der Waals surface area contributed by atoms with Crippen LogP contribution >= 0.6 is 0 Å². The summed E-state index contributed by atoms with van der Waals surface area (Å²) in [7, 11) is 0. The largest absolute Gasteiger partial charge is 0.506 e. The number of hydrogen-bond donors (Lipinski definition) is 5. The number of fused-ring (bicyclic) bond motifs is 18. The van der Waals surface area contributed by atoms with Crippen LogP contribution in [-0.4, -0.2) is 75.7 Å². The second kappa shape index (κ2) is 17.1. The number of aromatic nitrogens is 1. The van der Waals surface area contributed by atoms with Crippen LogP contribution in [0.1, 0.15) is 71.9 Å². The van der Waals surface area contributed by atoms with E-state index < -0.39 is 35.8 Å². The first kappa shape index (κ1) is 35.6. The Hall–Kier alpha value is -5.26. The number of nitrogens with zero attached hydrogens (tertiary/aromatic N) is 2. The molecule has 2 bridgehead atoms. The van der Waals surface area contributed by atoms with Crippen molar-refractivity contribution in [1.29, 1.82) is 0 Å². The quantitative estimate of drug-likeness (QED) is 0.263. The Morgan fingerprint density at radius 3 is 2.29 bits per heavy atom. The second-order valence-corrected chi connectivity index (χ2v) is 12.5. The van der Waals surface area contributed by atoms with Crippen molar-refractivity contribution in [2.45, 2.75) is 71.1 Å². The van der Waals surface area contributed by atoms with E-state index in [-0.39, 0.29) is 42.0 Å². The number of nitrogens with one attached hydrogen (secondary N) is 4. The molecular formula is C36H44N6O6. The molecule has 0 fully saturated rings. The van der Waals surface area contributed by atoms with Crippen LogP contribution in [0.25, 0.3) is 0 Å². The fraction of sp³-hybridized carbons (Fsp3) is 0.389. The highest BCUT2D eigenvalue weighted by Crippen LogP contribution is 2.16. The molecule has 254 valence electrons. The number of amides is 5. The van der Waals surface area contributed by atoms with Crippen LogP contribution in [0.5, 0.6) is 5.75 Å². The number of carbonyl (C=O) groups excluding carboxylic acids is 5. The summed E-state index contributed by atoms with van der Waals surface area (Å²) in [6.07, 6.45) is 4.27. The molecule has 5 amide bonds. The predicted octanol–water partition coefficient (Wildman–Crippen LogP) is 2.72. The Labute approximate surface area is 280 Å². The molecule has 3 atom stereocenters. The molecule has 0 aliphatic carbocycles. The Bertz CT molecular complexity index is 1580. The minimum Gasteiger partial charge on any atom is -0.506 e. The van der Waals surface area contributed by atoms with Crippen LogP contribution < -0.4 is 21.3 Å². The molecule has 12 heteroatoms. The Balaban J connectivity index is 1.62. The standard InChI is InChI=1S/C36H44N6O6/c1-23(2)17-30-34(46)39-24(3)32(44)38-15-7-8-16-42(36(48)28-19-29(43)21-37-20-28)22-26-11-13-27(14-12-26)33(45)40-31(35(47)41-30)18-25-9-5-4-6-10-25/h4-6,9-14,19-21,23-24,30-31,43H,7-8,15-18,22H2,1-3H3,(H,38,44)(H,39,46)(H,40,45)(H,41,47)/t24-,30+,31-/m1/s1. The molecule has 0 saturated carbocycles. The molecule has 2 aliphatic heterocycles. The third kappa shape index (κ3) is 10.4. The molecule has 0 unspecified atom stereocenters. The van der Waals surface area contributed by atoms with Crippen LogP contribution in [0.4, 0.5) is 0 Å². The van der Waals surface area contributed by atoms with Crippen molar-refractivity contribution in [2.24, 2.45) is 5.92 Å². The zero-order chi connectivity index (χ0) is 34.6. The van der Waals surface area contributed by atoms with Crippen molar-refractivity contribution < 1.29 is 29.1 Å². The van der Waals surface area contributed by atoms with E-state index in [2.05, 4.69) is 26.3 Å². The summed E-state index contributed by atoms with van der Waals surface area (Å²) >= 11 is 0. The summed E-state index contributed by atoms with van der Waals surface area (Å²) in [4.78, 5) is 72.4. The van der Waals surface area contributed by atoms with Crippen LogP contribution in [-0.2, 0) is 27.3 Å². The Morgan fingerprint density at radius 2 is 1.60 bits per heavy atom. The van der Waals surface area contributed by atoms with Crippen molar-refractivity contribution in [2.75, 3.05) is 13.1 Å². The lowest BCUT2D eigenvalue weighted by Gasteiger charge is -2.25. The molecule has 0 spiro atoms. The van der Waals surface area contributed by atoms with E-state index in [0.29, 0.717) is 37.9 Å². The van der Waals surface area contributed by atoms with Crippen molar-refractivity contribution >= 4 is 29.5 Å². The number of carbonyl (C=O) groups is 5. The van der Waals surface area contributed by atoms with Gasteiger partial charge in [-0.2, -0.15) is 0 Å². The second-order valence-electron chi connectivity index (χ2n) is 12.5. The van der Waals surface area contributed by atoms with Crippen molar-refractivity contribution in [3.8, 4) is 5.75 Å². The van der Waals surface area contributed by atoms with E-state index in [1.165, 1.54) is 18.5 Å². The van der Waals surface area contributed by atoms with Gasteiger partial charge in [0.05, 0.1) is 11.8 Å². The average molecular weight is 657 g/mol. The number of pyridine rings is 1. The smallest absolute Gasteiger partial charge is 0.255 e. The topological polar surface area (TPSA) is 170 Å². The molecule has 2 aromatic carbocycles. The van der Waals surface area contributed by atoms with Gasteiger partial charge in [-0.25, -0.2) is 0 Å². The lowest BCUT2D eigenvalue weighted by Crippen LogP contribution is -2.57. The first-order chi connectivity index (χ1) is 23.0. The highest BCUT2D eigenvalue weighted by atomic mass is 16.3. The van der Waals surface area contributed by atoms with Gasteiger partial charge in [-0.15, -0.1) is 0 Å². The van der Waals surface area contributed by atoms with E-state index in [1.807, 2.05) is 44.2 Å². The van der Waals surface area contributed by atoms with Gasteiger partial charge in [0.1, 0.15) is 23.9 Å². The van der Waals surface area contributed by atoms with Crippen molar-refractivity contribution in [1.82, 2.24) is 31.2 Å². The fourth-order valence-electron chi connectivity index (χ4n) is 5.41.